The summed E-state index contributed by atoms with van der Waals surface area (Å²) in [4.78, 5) is 0. The molecule has 15 heavy (non-hydrogen) atoms. The molecule has 1 atom stereocenters. The summed E-state index contributed by atoms with van der Waals surface area (Å²) in [6.45, 7) is 2.35. The van der Waals surface area contributed by atoms with Crippen LogP contribution in [-0.4, -0.2) is 33.9 Å². The van der Waals surface area contributed by atoms with Crippen LogP contribution >= 0.6 is 0 Å². The van der Waals surface area contributed by atoms with Gasteiger partial charge in [-0.25, -0.2) is 13.1 Å². The van der Waals surface area contributed by atoms with E-state index in [1.54, 1.807) is 7.11 Å². The Morgan fingerprint density at radius 3 is 2.67 bits per heavy atom. The molecule has 0 saturated carbocycles. The maximum Gasteiger partial charge on any atom is 0.211 e. The molecule has 0 aliphatic rings. The fourth-order valence-corrected chi connectivity index (χ4v) is 2.49. The predicted octanol–water partition coefficient (Wildman–Crippen LogP) is 0.744. The Kier molecular flexibility index (Phi) is 7.39. The first kappa shape index (κ1) is 14.4. The molecule has 88 valence electrons. The lowest BCUT2D eigenvalue weighted by molar-refractivity contribution is 0.199. The van der Waals surface area contributed by atoms with Crippen molar-refractivity contribution in [1.29, 1.82) is 0 Å². The molecule has 0 rings (SSSR count). The molecule has 0 saturated heterocycles. The highest BCUT2D eigenvalue weighted by molar-refractivity contribution is 7.89. The van der Waals surface area contributed by atoms with Crippen molar-refractivity contribution in [2.24, 2.45) is 0 Å². The van der Waals surface area contributed by atoms with Crippen molar-refractivity contribution >= 4 is 10.0 Å². The molecule has 1 unspecified atom stereocenters. The third kappa shape index (κ3) is 7.37. The Bertz CT molecular complexity index is 292. The molecule has 0 aliphatic carbocycles. The summed E-state index contributed by atoms with van der Waals surface area (Å²) in [5, 5.41) is 0. The van der Waals surface area contributed by atoms with E-state index in [4.69, 9.17) is 11.2 Å². The number of methoxy groups -OCH3 is 1. The Labute approximate surface area is 92.4 Å². The number of terminal acetylenes is 1. The largest absolute Gasteiger partial charge is 0.385 e. The van der Waals surface area contributed by atoms with Crippen molar-refractivity contribution in [2.75, 3.05) is 19.5 Å². The van der Waals surface area contributed by atoms with Gasteiger partial charge in [-0.3, -0.25) is 0 Å². The summed E-state index contributed by atoms with van der Waals surface area (Å²) in [6.07, 6.45) is 6.77. The number of hydrogen-bond donors (Lipinski definition) is 1. The minimum atomic E-state index is -3.21. The van der Waals surface area contributed by atoms with Crippen molar-refractivity contribution < 1.29 is 13.2 Å². The highest BCUT2D eigenvalue weighted by Gasteiger charge is 2.15. The predicted molar refractivity (Wildman–Crippen MR) is 60.9 cm³/mol. The normalized spacial score (nSPS) is 13.4. The Morgan fingerprint density at radius 1 is 1.53 bits per heavy atom. The van der Waals surface area contributed by atoms with Crippen molar-refractivity contribution in [3.63, 3.8) is 0 Å². The first-order valence-corrected chi connectivity index (χ1v) is 6.63. The molecule has 0 aromatic rings. The van der Waals surface area contributed by atoms with Gasteiger partial charge in [0.25, 0.3) is 0 Å². The Balaban J connectivity index is 4.06. The fraction of sp³-hybridized carbons (Fsp3) is 0.800. The van der Waals surface area contributed by atoms with Crippen molar-refractivity contribution in [3.05, 3.63) is 0 Å². The second-order valence-electron chi connectivity index (χ2n) is 3.30. The first-order valence-electron chi connectivity index (χ1n) is 4.98. The molecular formula is C10H19NO3S. The summed E-state index contributed by atoms with van der Waals surface area (Å²) in [5.74, 6) is 2.54. The van der Waals surface area contributed by atoms with Gasteiger partial charge < -0.3 is 4.74 Å². The van der Waals surface area contributed by atoms with E-state index in [1.807, 2.05) is 6.92 Å². The number of ether oxygens (including phenoxy) is 1. The zero-order valence-electron chi connectivity index (χ0n) is 9.32. The van der Waals surface area contributed by atoms with E-state index >= 15 is 0 Å². The monoisotopic (exact) mass is 233 g/mol. The van der Waals surface area contributed by atoms with Crippen LogP contribution in [0.25, 0.3) is 0 Å². The molecule has 4 nitrogen and oxygen atoms in total. The highest BCUT2D eigenvalue weighted by Crippen LogP contribution is 2.00. The fourth-order valence-electron chi connectivity index (χ4n) is 1.12. The van der Waals surface area contributed by atoms with Crippen molar-refractivity contribution in [3.8, 4) is 12.3 Å². The van der Waals surface area contributed by atoms with Crippen LogP contribution in [0.4, 0.5) is 0 Å². The molecule has 0 spiro atoms. The van der Waals surface area contributed by atoms with Gasteiger partial charge >= 0.3 is 0 Å². The van der Waals surface area contributed by atoms with E-state index < -0.39 is 10.0 Å². The van der Waals surface area contributed by atoms with E-state index in [2.05, 4.69) is 10.6 Å². The minimum absolute atomic E-state index is 0.0852. The van der Waals surface area contributed by atoms with Crippen LogP contribution < -0.4 is 4.72 Å². The lowest BCUT2D eigenvalue weighted by atomic mass is 10.2. The second-order valence-corrected chi connectivity index (χ2v) is 5.17. The van der Waals surface area contributed by atoms with Gasteiger partial charge in [-0.1, -0.05) is 6.92 Å². The maximum atomic E-state index is 11.5. The summed E-state index contributed by atoms with van der Waals surface area (Å²) < 4.78 is 30.4. The Morgan fingerprint density at radius 2 is 2.20 bits per heavy atom. The molecule has 0 fully saturated rings. The van der Waals surface area contributed by atoms with Crippen molar-refractivity contribution in [1.82, 2.24) is 4.72 Å². The number of nitrogens with one attached hydrogen (secondary N) is 1. The van der Waals surface area contributed by atoms with Crippen LogP contribution in [-0.2, 0) is 14.8 Å². The molecule has 0 heterocycles. The van der Waals surface area contributed by atoms with Gasteiger partial charge in [0, 0.05) is 26.2 Å². The average Bonchev–Trinajstić information content (AvgIpc) is 2.17. The molecule has 5 heteroatoms. The number of rotatable bonds is 8. The molecule has 0 radical (unpaired) electrons. The van der Waals surface area contributed by atoms with E-state index in [0.717, 1.165) is 0 Å². The van der Waals surface area contributed by atoms with E-state index in [9.17, 15) is 8.42 Å². The quantitative estimate of drug-likeness (QED) is 0.497. The molecular weight excluding hydrogens is 214 g/mol. The molecule has 0 bridgehead atoms. The van der Waals surface area contributed by atoms with Gasteiger partial charge in [0.15, 0.2) is 0 Å². The minimum Gasteiger partial charge on any atom is -0.385 e. The van der Waals surface area contributed by atoms with Crippen LogP contribution in [0.2, 0.25) is 0 Å². The zero-order chi connectivity index (χ0) is 11.7. The van der Waals surface area contributed by atoms with Gasteiger partial charge in [-0.2, -0.15) is 0 Å². The summed E-state index contributed by atoms with van der Waals surface area (Å²) in [7, 11) is -1.66. The van der Waals surface area contributed by atoms with Crippen LogP contribution in [0.15, 0.2) is 0 Å². The molecule has 0 aromatic heterocycles. The molecule has 0 aliphatic heterocycles. The third-order valence-electron chi connectivity index (χ3n) is 1.96. The summed E-state index contributed by atoms with van der Waals surface area (Å²) in [6, 6.07) is -0.150. The molecule has 0 amide bonds. The van der Waals surface area contributed by atoms with Crippen LogP contribution in [0.3, 0.4) is 0 Å². The third-order valence-corrected chi connectivity index (χ3v) is 3.48. The first-order chi connectivity index (χ1) is 7.05. The van der Waals surface area contributed by atoms with Gasteiger partial charge in [0.05, 0.1) is 5.75 Å². The smallest absolute Gasteiger partial charge is 0.211 e. The van der Waals surface area contributed by atoms with Crippen molar-refractivity contribution in [2.45, 2.75) is 32.2 Å². The van der Waals surface area contributed by atoms with Gasteiger partial charge in [0.2, 0.25) is 10.0 Å². The van der Waals surface area contributed by atoms with Gasteiger partial charge in [-0.05, 0) is 12.8 Å². The van der Waals surface area contributed by atoms with E-state index in [0.29, 0.717) is 25.9 Å². The van der Waals surface area contributed by atoms with Crippen LogP contribution in [0.5, 0.6) is 0 Å². The second kappa shape index (κ2) is 7.69. The SMILES string of the molecule is C#CCC(CC)NS(=O)(=O)CCCOC. The van der Waals surface area contributed by atoms with Crippen LogP contribution in [0.1, 0.15) is 26.2 Å². The maximum absolute atomic E-state index is 11.5. The molecule has 0 aromatic carbocycles. The number of sulfonamides is 1. The average molecular weight is 233 g/mol. The van der Waals surface area contributed by atoms with Crippen LogP contribution in [0, 0.1) is 12.3 Å². The van der Waals surface area contributed by atoms with E-state index in [-0.39, 0.29) is 11.8 Å². The zero-order valence-corrected chi connectivity index (χ0v) is 10.1. The highest BCUT2D eigenvalue weighted by atomic mass is 32.2. The summed E-state index contributed by atoms with van der Waals surface area (Å²) >= 11 is 0. The lowest BCUT2D eigenvalue weighted by Gasteiger charge is -2.14. The van der Waals surface area contributed by atoms with Gasteiger partial charge in [0.1, 0.15) is 0 Å². The van der Waals surface area contributed by atoms with Gasteiger partial charge in [-0.15, -0.1) is 12.3 Å². The molecule has 1 N–H and O–H groups in total. The van der Waals surface area contributed by atoms with E-state index in [1.165, 1.54) is 0 Å². The number of hydrogen-bond acceptors (Lipinski definition) is 3. The Hall–Kier alpha value is -0.570. The topological polar surface area (TPSA) is 55.4 Å². The standard InChI is InChI=1S/C10H19NO3S/c1-4-7-10(5-2)11-15(12,13)9-6-8-14-3/h1,10-11H,5-9H2,2-3H3. The lowest BCUT2D eigenvalue weighted by Crippen LogP contribution is -2.36. The summed E-state index contributed by atoms with van der Waals surface area (Å²) in [5.41, 5.74) is 0.